The molecule has 2 aliphatic rings. The van der Waals surface area contributed by atoms with Gasteiger partial charge in [-0.3, -0.25) is 9.59 Å². The molecule has 4 rings (SSSR count). The molecule has 2 amide bonds. The van der Waals surface area contributed by atoms with Gasteiger partial charge in [-0.25, -0.2) is 9.97 Å². The number of likely N-dealkylation sites (tertiary alicyclic amines) is 1. The summed E-state index contributed by atoms with van der Waals surface area (Å²) in [5, 5.41) is 7.38. The van der Waals surface area contributed by atoms with Crippen LogP contribution in [0.25, 0.3) is 0 Å². The Morgan fingerprint density at radius 3 is 2.37 bits per heavy atom. The lowest BCUT2D eigenvalue weighted by Gasteiger charge is -2.46. The van der Waals surface area contributed by atoms with E-state index in [1.165, 1.54) is 0 Å². The van der Waals surface area contributed by atoms with Crippen molar-refractivity contribution >= 4 is 24.0 Å². The first-order valence-corrected chi connectivity index (χ1v) is 11.5. The molecule has 0 aliphatic carbocycles. The molecule has 0 unspecified atom stereocenters. The number of anilines is 1. The molecule has 0 aromatic carbocycles. The highest BCUT2D eigenvalue weighted by molar-refractivity contribution is 6.02. The standard InChI is InChI=1S/C22H23F6N7O3/c23-21(24,25)12-8-31-20(32-9-12)34-3-1-14-16(34)11-35(14)17(36)2-5-38-6-4-33-10-13(22(26,27)28)18(19(30)37)15(33)7-29/h7-10,14,16,29H,1-6,11H2,(H2,30,37)/t14-,16-/m0/s1. The van der Waals surface area contributed by atoms with Crippen LogP contribution in [-0.2, 0) is 28.4 Å². The molecule has 16 heteroatoms. The number of carbonyl (C=O) groups is 2. The molecule has 0 bridgehead atoms. The maximum atomic E-state index is 13.2. The molecule has 2 atom stereocenters. The predicted octanol–water partition coefficient (Wildman–Crippen LogP) is 2.31. The molecule has 2 aromatic rings. The number of fused-ring (bicyclic) bond motifs is 1. The number of primary amides is 1. The summed E-state index contributed by atoms with van der Waals surface area (Å²) in [7, 11) is 0. The second-order valence-corrected chi connectivity index (χ2v) is 8.80. The molecule has 0 radical (unpaired) electrons. The van der Waals surface area contributed by atoms with Crippen molar-refractivity contribution in [1.82, 2.24) is 19.4 Å². The van der Waals surface area contributed by atoms with Crippen molar-refractivity contribution in [2.45, 2.75) is 43.8 Å². The number of hydrogen-bond donors (Lipinski definition) is 2. The van der Waals surface area contributed by atoms with E-state index in [-0.39, 0.29) is 55.8 Å². The van der Waals surface area contributed by atoms with Gasteiger partial charge in [0.1, 0.15) is 0 Å². The molecule has 10 nitrogen and oxygen atoms in total. The molecule has 206 valence electrons. The second kappa shape index (κ2) is 10.2. The fourth-order valence-electron chi connectivity index (χ4n) is 4.72. The molecule has 0 saturated carbocycles. The Bertz CT molecular complexity index is 1210. The Kier molecular flexibility index (Phi) is 7.36. The first kappa shape index (κ1) is 27.3. The number of nitrogens with zero attached hydrogens (tertiary/aromatic N) is 5. The lowest BCUT2D eigenvalue weighted by molar-refractivity contribution is -0.140. The number of ether oxygens (including phenoxy) is 1. The monoisotopic (exact) mass is 547 g/mol. The summed E-state index contributed by atoms with van der Waals surface area (Å²) in [6.07, 6.45) is -5.98. The fraction of sp³-hybridized carbons (Fsp3) is 0.500. The number of rotatable bonds is 9. The van der Waals surface area contributed by atoms with E-state index in [9.17, 15) is 35.9 Å². The molecule has 4 heterocycles. The molecule has 38 heavy (non-hydrogen) atoms. The first-order chi connectivity index (χ1) is 17.8. The van der Waals surface area contributed by atoms with Gasteiger partial charge in [-0.15, -0.1) is 0 Å². The quantitative estimate of drug-likeness (QED) is 0.282. The number of alkyl halides is 6. The Morgan fingerprint density at radius 1 is 1.11 bits per heavy atom. The Hall–Kier alpha value is -3.69. The zero-order valence-corrected chi connectivity index (χ0v) is 19.7. The summed E-state index contributed by atoms with van der Waals surface area (Å²) >= 11 is 0. The van der Waals surface area contributed by atoms with E-state index in [2.05, 4.69) is 9.97 Å². The summed E-state index contributed by atoms with van der Waals surface area (Å²) < 4.78 is 84.3. The molecular formula is C22H23F6N7O3. The summed E-state index contributed by atoms with van der Waals surface area (Å²) in [4.78, 5) is 35.2. The third-order valence-electron chi connectivity index (χ3n) is 6.58. The van der Waals surface area contributed by atoms with Gasteiger partial charge in [-0.1, -0.05) is 0 Å². The van der Waals surface area contributed by atoms with Gasteiger partial charge >= 0.3 is 12.4 Å². The summed E-state index contributed by atoms with van der Waals surface area (Å²) in [5.41, 5.74) is 1.82. The van der Waals surface area contributed by atoms with E-state index in [0.717, 1.165) is 17.0 Å². The van der Waals surface area contributed by atoms with Crippen LogP contribution in [0.5, 0.6) is 0 Å². The maximum absolute atomic E-state index is 13.2. The lowest BCUT2D eigenvalue weighted by atomic mass is 9.96. The van der Waals surface area contributed by atoms with Gasteiger partial charge in [-0.2, -0.15) is 26.3 Å². The fourth-order valence-corrected chi connectivity index (χ4v) is 4.72. The zero-order valence-electron chi connectivity index (χ0n) is 19.7. The van der Waals surface area contributed by atoms with Gasteiger partial charge in [0.05, 0.1) is 54.1 Å². The van der Waals surface area contributed by atoms with Crippen LogP contribution in [0, 0.1) is 5.41 Å². The number of nitrogens with two attached hydrogens (primary N) is 1. The van der Waals surface area contributed by atoms with E-state index in [1.54, 1.807) is 9.80 Å². The number of nitrogens with one attached hydrogen (secondary N) is 1. The highest BCUT2D eigenvalue weighted by atomic mass is 19.4. The van der Waals surface area contributed by atoms with Gasteiger partial charge in [0.2, 0.25) is 11.9 Å². The predicted molar refractivity (Wildman–Crippen MR) is 120 cm³/mol. The maximum Gasteiger partial charge on any atom is 0.419 e. The molecule has 2 fully saturated rings. The van der Waals surface area contributed by atoms with Crippen LogP contribution in [0.4, 0.5) is 32.3 Å². The van der Waals surface area contributed by atoms with Gasteiger partial charge in [0, 0.05) is 44.4 Å². The van der Waals surface area contributed by atoms with Crippen LogP contribution < -0.4 is 10.6 Å². The highest BCUT2D eigenvalue weighted by Crippen LogP contribution is 2.36. The van der Waals surface area contributed by atoms with Crippen LogP contribution >= 0.6 is 0 Å². The SMILES string of the molecule is N=Cc1c(C(N)=O)c(C(F)(F)F)cn1CCOCCC(=O)N1C[C@H]2[C@@H]1CCN2c1ncc(C(F)(F)F)cn1. The second-order valence-electron chi connectivity index (χ2n) is 8.80. The van der Waals surface area contributed by atoms with Gasteiger partial charge in [-0.05, 0) is 6.42 Å². The lowest BCUT2D eigenvalue weighted by Crippen LogP contribution is -2.64. The molecular weight excluding hydrogens is 524 g/mol. The van der Waals surface area contributed by atoms with Gasteiger partial charge in [0.25, 0.3) is 5.91 Å². The summed E-state index contributed by atoms with van der Waals surface area (Å²) in [5.74, 6) is -1.33. The van der Waals surface area contributed by atoms with E-state index in [0.29, 0.717) is 31.9 Å². The summed E-state index contributed by atoms with van der Waals surface area (Å²) in [6.45, 7) is 0.653. The molecule has 2 saturated heterocycles. The average Bonchev–Trinajstić information content (AvgIpc) is 3.36. The van der Waals surface area contributed by atoms with E-state index < -0.39 is 35.0 Å². The normalized spacial score (nSPS) is 19.3. The number of aromatic nitrogens is 3. The smallest absolute Gasteiger partial charge is 0.379 e. The molecule has 0 spiro atoms. The molecule has 2 aromatic heterocycles. The molecule has 3 N–H and O–H groups in total. The zero-order chi connectivity index (χ0) is 27.8. The van der Waals surface area contributed by atoms with Gasteiger partial charge < -0.3 is 30.2 Å². The van der Waals surface area contributed by atoms with Crippen molar-refractivity contribution in [1.29, 1.82) is 5.41 Å². The Morgan fingerprint density at radius 2 is 1.79 bits per heavy atom. The van der Waals surface area contributed by atoms with Crippen LogP contribution in [0.15, 0.2) is 18.6 Å². The minimum absolute atomic E-state index is 0.00551. The van der Waals surface area contributed by atoms with Crippen molar-refractivity contribution in [2.24, 2.45) is 5.73 Å². The summed E-state index contributed by atoms with van der Waals surface area (Å²) in [6, 6.07) is -0.233. The van der Waals surface area contributed by atoms with Crippen LogP contribution in [0.3, 0.4) is 0 Å². The third kappa shape index (κ3) is 5.30. The van der Waals surface area contributed by atoms with Crippen molar-refractivity contribution in [3.8, 4) is 0 Å². The first-order valence-electron chi connectivity index (χ1n) is 11.5. The van der Waals surface area contributed by atoms with E-state index in [4.69, 9.17) is 15.9 Å². The Balaban J connectivity index is 1.25. The largest absolute Gasteiger partial charge is 0.419 e. The highest BCUT2D eigenvalue weighted by Gasteiger charge is 2.49. The average molecular weight is 547 g/mol. The van der Waals surface area contributed by atoms with Crippen LogP contribution in [-0.4, -0.2) is 75.9 Å². The van der Waals surface area contributed by atoms with Crippen molar-refractivity contribution < 1.29 is 40.7 Å². The third-order valence-corrected chi connectivity index (χ3v) is 6.58. The number of halogens is 6. The van der Waals surface area contributed by atoms with Crippen molar-refractivity contribution in [2.75, 3.05) is 31.2 Å². The van der Waals surface area contributed by atoms with E-state index >= 15 is 0 Å². The molecule has 2 aliphatic heterocycles. The number of carbonyl (C=O) groups excluding carboxylic acids is 2. The number of amides is 2. The Labute approximate surface area is 211 Å². The number of hydrogen-bond acceptors (Lipinski definition) is 7. The minimum Gasteiger partial charge on any atom is -0.379 e. The van der Waals surface area contributed by atoms with Crippen LogP contribution in [0.1, 0.15) is 40.0 Å². The van der Waals surface area contributed by atoms with E-state index in [1.807, 2.05) is 0 Å². The van der Waals surface area contributed by atoms with Crippen molar-refractivity contribution in [3.63, 3.8) is 0 Å². The van der Waals surface area contributed by atoms with Crippen LogP contribution in [0.2, 0.25) is 0 Å². The van der Waals surface area contributed by atoms with Crippen molar-refractivity contribution in [3.05, 3.63) is 41.0 Å². The minimum atomic E-state index is -4.83. The van der Waals surface area contributed by atoms with Gasteiger partial charge in [0.15, 0.2) is 0 Å². The topological polar surface area (TPSA) is 130 Å².